The molecule has 17 heavy (non-hydrogen) atoms. The van der Waals surface area contributed by atoms with E-state index in [1.807, 2.05) is 24.7 Å². The third-order valence-corrected chi connectivity index (χ3v) is 2.25. The molecular weight excluding hydrogens is 263 g/mol. The van der Waals surface area contributed by atoms with Gasteiger partial charge < -0.3 is 15.2 Å². The number of carbonyl (C=O) groups excluding carboxylic acids is 1. The second kappa shape index (κ2) is 10.4. The Morgan fingerprint density at radius 3 is 2.71 bits per heavy atom. The minimum atomic E-state index is 0. The molecular formula is C10H20Cl2N4O. The summed E-state index contributed by atoms with van der Waals surface area (Å²) in [6.45, 7) is 3.37. The fraction of sp³-hybridized carbons (Fsp3) is 0.600. The lowest BCUT2D eigenvalue weighted by Crippen LogP contribution is -2.37. The van der Waals surface area contributed by atoms with Crippen molar-refractivity contribution in [3.8, 4) is 0 Å². The number of nitrogens with zero attached hydrogens (tertiary/aromatic N) is 2. The molecule has 0 aliphatic heterocycles. The summed E-state index contributed by atoms with van der Waals surface area (Å²) in [5.41, 5.74) is 0. The van der Waals surface area contributed by atoms with Crippen LogP contribution in [0, 0.1) is 0 Å². The first-order valence-corrected chi connectivity index (χ1v) is 5.12. The van der Waals surface area contributed by atoms with Crippen molar-refractivity contribution >= 4 is 30.7 Å². The van der Waals surface area contributed by atoms with Crippen molar-refractivity contribution < 1.29 is 4.79 Å². The zero-order valence-electron chi connectivity index (χ0n) is 10.0. The minimum absolute atomic E-state index is 0. The first-order chi connectivity index (χ1) is 7.22. The molecule has 100 valence electrons. The lowest BCUT2D eigenvalue weighted by Gasteiger charge is -2.11. The summed E-state index contributed by atoms with van der Waals surface area (Å²) >= 11 is 0. The van der Waals surface area contributed by atoms with Crippen LogP contribution < -0.4 is 10.6 Å². The predicted octanol–water partition coefficient (Wildman–Crippen LogP) is 0.841. The van der Waals surface area contributed by atoms with Crippen molar-refractivity contribution in [2.24, 2.45) is 0 Å². The summed E-state index contributed by atoms with van der Waals surface area (Å²) in [5, 5.41) is 5.92. The summed E-state index contributed by atoms with van der Waals surface area (Å²) < 4.78 is 1.89. The van der Waals surface area contributed by atoms with E-state index in [-0.39, 0.29) is 30.7 Å². The van der Waals surface area contributed by atoms with Gasteiger partial charge in [-0.25, -0.2) is 4.98 Å². The highest BCUT2D eigenvalue weighted by molar-refractivity contribution is 5.85. The zero-order chi connectivity index (χ0) is 11.1. The summed E-state index contributed by atoms with van der Waals surface area (Å²) in [6.07, 6.45) is 5.76. The van der Waals surface area contributed by atoms with Crippen LogP contribution >= 0.6 is 24.8 Å². The van der Waals surface area contributed by atoms with Crippen LogP contribution in [0.15, 0.2) is 18.7 Å². The molecule has 0 radical (unpaired) electrons. The lowest BCUT2D eigenvalue weighted by atomic mass is 10.3. The van der Waals surface area contributed by atoms with Crippen LogP contribution in [-0.2, 0) is 11.3 Å². The molecule has 1 atom stereocenters. The average Bonchev–Trinajstić information content (AvgIpc) is 2.75. The van der Waals surface area contributed by atoms with Gasteiger partial charge >= 0.3 is 0 Å². The van der Waals surface area contributed by atoms with Crippen molar-refractivity contribution in [1.82, 2.24) is 20.2 Å². The van der Waals surface area contributed by atoms with Crippen LogP contribution in [0.4, 0.5) is 0 Å². The van der Waals surface area contributed by atoms with Gasteiger partial charge in [0.25, 0.3) is 0 Å². The fourth-order valence-corrected chi connectivity index (χ4v) is 1.11. The molecule has 1 heterocycles. The summed E-state index contributed by atoms with van der Waals surface area (Å²) in [6, 6.07) is 0.308. The van der Waals surface area contributed by atoms with Crippen LogP contribution in [0.3, 0.4) is 0 Å². The Balaban J connectivity index is 0. The molecule has 1 rings (SSSR count). The molecule has 0 aliphatic rings. The van der Waals surface area contributed by atoms with Gasteiger partial charge in [0.2, 0.25) is 5.91 Å². The lowest BCUT2D eigenvalue weighted by molar-refractivity contribution is -0.121. The highest BCUT2D eigenvalue weighted by Gasteiger charge is 2.03. The molecule has 0 aliphatic carbocycles. The maximum atomic E-state index is 11.4. The molecule has 5 nitrogen and oxygen atoms in total. The van der Waals surface area contributed by atoms with Gasteiger partial charge in [-0.2, -0.15) is 0 Å². The highest BCUT2D eigenvalue weighted by Crippen LogP contribution is 1.90. The molecule has 7 heteroatoms. The van der Waals surface area contributed by atoms with Crippen molar-refractivity contribution in [2.45, 2.75) is 25.9 Å². The molecule has 0 aromatic carbocycles. The normalized spacial score (nSPS) is 10.9. The van der Waals surface area contributed by atoms with E-state index in [9.17, 15) is 4.79 Å². The number of likely N-dealkylation sites (N-methyl/N-ethyl adjacent to an activating group) is 1. The Morgan fingerprint density at radius 1 is 1.47 bits per heavy atom. The van der Waals surface area contributed by atoms with Crippen LogP contribution in [0.5, 0.6) is 0 Å². The maximum absolute atomic E-state index is 11.4. The molecule has 1 aromatic rings. The van der Waals surface area contributed by atoms with Gasteiger partial charge in [0.05, 0.1) is 6.33 Å². The molecule has 1 amide bonds. The van der Waals surface area contributed by atoms with E-state index in [4.69, 9.17) is 0 Å². The standard InChI is InChI=1S/C10H18N4O.2ClH/c1-9(11-2)7-13-10(15)3-5-14-6-4-12-8-14;;/h4,6,8-9,11H,3,5,7H2,1-2H3,(H,13,15);2*1H. The second-order valence-electron chi connectivity index (χ2n) is 3.54. The van der Waals surface area contributed by atoms with E-state index in [0.29, 0.717) is 25.6 Å². The average molecular weight is 283 g/mol. The molecule has 0 spiro atoms. The van der Waals surface area contributed by atoms with E-state index >= 15 is 0 Å². The van der Waals surface area contributed by atoms with E-state index in [0.717, 1.165) is 0 Å². The number of hydrogen-bond acceptors (Lipinski definition) is 3. The Labute approximate surface area is 114 Å². The highest BCUT2D eigenvalue weighted by atomic mass is 35.5. The van der Waals surface area contributed by atoms with Crippen LogP contribution in [0.2, 0.25) is 0 Å². The third kappa shape index (κ3) is 8.01. The van der Waals surface area contributed by atoms with Gasteiger partial charge in [0.15, 0.2) is 0 Å². The molecule has 1 aromatic heterocycles. The Morgan fingerprint density at radius 2 is 2.18 bits per heavy atom. The first-order valence-electron chi connectivity index (χ1n) is 5.12. The number of hydrogen-bond donors (Lipinski definition) is 2. The van der Waals surface area contributed by atoms with Crippen LogP contribution in [0.1, 0.15) is 13.3 Å². The number of amides is 1. The Hall–Kier alpha value is -0.780. The molecule has 0 saturated carbocycles. The quantitative estimate of drug-likeness (QED) is 0.813. The smallest absolute Gasteiger partial charge is 0.221 e. The van der Waals surface area contributed by atoms with Gasteiger partial charge in [-0.15, -0.1) is 24.8 Å². The van der Waals surface area contributed by atoms with E-state index in [2.05, 4.69) is 15.6 Å². The van der Waals surface area contributed by atoms with Crippen molar-refractivity contribution in [3.05, 3.63) is 18.7 Å². The fourth-order valence-electron chi connectivity index (χ4n) is 1.11. The van der Waals surface area contributed by atoms with Gasteiger partial charge in [-0.05, 0) is 14.0 Å². The van der Waals surface area contributed by atoms with Crippen molar-refractivity contribution in [3.63, 3.8) is 0 Å². The summed E-state index contributed by atoms with van der Waals surface area (Å²) in [5.74, 6) is 0.0748. The van der Waals surface area contributed by atoms with E-state index in [1.54, 1.807) is 12.5 Å². The Bertz CT molecular complexity index is 293. The monoisotopic (exact) mass is 282 g/mol. The second-order valence-corrected chi connectivity index (χ2v) is 3.54. The van der Waals surface area contributed by atoms with Gasteiger partial charge in [0.1, 0.15) is 0 Å². The van der Waals surface area contributed by atoms with Crippen molar-refractivity contribution in [2.75, 3.05) is 13.6 Å². The zero-order valence-corrected chi connectivity index (χ0v) is 11.7. The summed E-state index contributed by atoms with van der Waals surface area (Å²) in [7, 11) is 1.88. The number of imidazole rings is 1. The topological polar surface area (TPSA) is 58.9 Å². The number of nitrogens with one attached hydrogen (secondary N) is 2. The third-order valence-electron chi connectivity index (χ3n) is 2.25. The van der Waals surface area contributed by atoms with Crippen LogP contribution in [-0.4, -0.2) is 35.1 Å². The number of rotatable bonds is 6. The Kier molecular flexibility index (Phi) is 11.3. The number of aromatic nitrogens is 2. The number of aryl methyl sites for hydroxylation is 1. The molecule has 0 fully saturated rings. The predicted molar refractivity (Wildman–Crippen MR) is 72.9 cm³/mol. The maximum Gasteiger partial charge on any atom is 0.221 e. The molecule has 2 N–H and O–H groups in total. The largest absolute Gasteiger partial charge is 0.354 e. The van der Waals surface area contributed by atoms with Gasteiger partial charge in [-0.3, -0.25) is 4.79 Å². The minimum Gasteiger partial charge on any atom is -0.354 e. The van der Waals surface area contributed by atoms with E-state index < -0.39 is 0 Å². The van der Waals surface area contributed by atoms with Gasteiger partial charge in [0, 0.05) is 37.9 Å². The molecule has 1 unspecified atom stereocenters. The molecule has 0 bridgehead atoms. The van der Waals surface area contributed by atoms with Gasteiger partial charge in [-0.1, -0.05) is 0 Å². The SMILES string of the molecule is CNC(C)CNC(=O)CCn1ccnc1.Cl.Cl. The van der Waals surface area contributed by atoms with E-state index in [1.165, 1.54) is 0 Å². The van der Waals surface area contributed by atoms with Crippen molar-refractivity contribution in [1.29, 1.82) is 0 Å². The number of carbonyl (C=O) groups is 1. The number of halogens is 2. The molecule has 0 saturated heterocycles. The summed E-state index contributed by atoms with van der Waals surface area (Å²) in [4.78, 5) is 15.3. The van der Waals surface area contributed by atoms with Crippen LogP contribution in [0.25, 0.3) is 0 Å². The first kappa shape index (κ1) is 18.6.